The van der Waals surface area contributed by atoms with Gasteiger partial charge in [-0.2, -0.15) is 0 Å². The highest BCUT2D eigenvalue weighted by atomic mass is 32.2. The fraction of sp³-hybridized carbons (Fsp3) is 0.375. The summed E-state index contributed by atoms with van der Waals surface area (Å²) in [6.45, 7) is 4.00. The van der Waals surface area contributed by atoms with Gasteiger partial charge in [-0.05, 0) is 38.8 Å². The average molecular weight is 346 g/mol. The van der Waals surface area contributed by atoms with Gasteiger partial charge in [-0.15, -0.1) is 10.2 Å². The van der Waals surface area contributed by atoms with E-state index in [1.165, 1.54) is 0 Å². The summed E-state index contributed by atoms with van der Waals surface area (Å²) in [6, 6.07) is 5.74. The van der Waals surface area contributed by atoms with Gasteiger partial charge in [0.05, 0.1) is 5.75 Å². The van der Waals surface area contributed by atoms with Crippen LogP contribution in [0.3, 0.4) is 0 Å². The number of benzene rings is 1. The molecule has 1 aliphatic carbocycles. The molecule has 0 bridgehead atoms. The number of rotatable bonds is 5. The van der Waals surface area contributed by atoms with E-state index in [-0.39, 0.29) is 11.8 Å². The van der Waals surface area contributed by atoms with Crippen molar-refractivity contribution in [3.63, 3.8) is 0 Å². The number of imide groups is 1. The lowest BCUT2D eigenvalue weighted by Gasteiger charge is -2.03. The zero-order valence-corrected chi connectivity index (χ0v) is 14.3. The standard InChI is InChI=1S/C16H18N4O3S/c1-9-5-10(2)7-11(6-9)14-19-20-16(23-14)24-8-13(21)18-15(22)17-12-3-4-12/h5-7,12H,3-4,8H2,1-2H3,(H2,17,18,21,22). The molecule has 2 aromatic rings. The number of nitrogens with zero attached hydrogens (tertiary/aromatic N) is 2. The smallest absolute Gasteiger partial charge is 0.321 e. The number of thioether (sulfide) groups is 1. The molecule has 0 atom stereocenters. The Labute approximate surface area is 143 Å². The number of nitrogens with one attached hydrogen (secondary N) is 2. The Kier molecular flexibility index (Phi) is 4.84. The number of hydrogen-bond acceptors (Lipinski definition) is 6. The minimum atomic E-state index is -0.454. The molecule has 7 nitrogen and oxygen atoms in total. The second kappa shape index (κ2) is 7.04. The van der Waals surface area contributed by atoms with Gasteiger partial charge >= 0.3 is 6.03 Å². The first-order chi connectivity index (χ1) is 11.5. The molecule has 2 N–H and O–H groups in total. The molecule has 1 aliphatic rings. The van der Waals surface area contributed by atoms with Crippen LogP contribution in [-0.2, 0) is 4.79 Å². The third-order valence-corrected chi connectivity index (χ3v) is 4.19. The minimum absolute atomic E-state index is 0.0343. The van der Waals surface area contributed by atoms with Gasteiger partial charge in [-0.25, -0.2) is 4.79 Å². The Morgan fingerprint density at radius 3 is 2.58 bits per heavy atom. The van der Waals surface area contributed by atoms with E-state index in [1.807, 2.05) is 26.0 Å². The normalized spacial score (nSPS) is 13.6. The van der Waals surface area contributed by atoms with Crippen molar-refractivity contribution < 1.29 is 14.0 Å². The monoisotopic (exact) mass is 346 g/mol. The predicted molar refractivity (Wildman–Crippen MR) is 89.6 cm³/mol. The third-order valence-electron chi connectivity index (χ3n) is 3.37. The number of urea groups is 1. The van der Waals surface area contributed by atoms with Crippen LogP contribution in [0.25, 0.3) is 11.5 Å². The van der Waals surface area contributed by atoms with Gasteiger partial charge in [-0.1, -0.05) is 29.0 Å². The zero-order valence-electron chi connectivity index (χ0n) is 13.5. The first-order valence-electron chi connectivity index (χ1n) is 7.65. The van der Waals surface area contributed by atoms with Gasteiger partial charge in [0.25, 0.3) is 5.22 Å². The molecule has 3 rings (SSSR count). The van der Waals surface area contributed by atoms with Crippen LogP contribution in [0.15, 0.2) is 27.8 Å². The number of carbonyl (C=O) groups is 2. The first-order valence-corrected chi connectivity index (χ1v) is 8.63. The highest BCUT2D eigenvalue weighted by molar-refractivity contribution is 7.99. The van der Waals surface area contributed by atoms with Crippen molar-refractivity contribution >= 4 is 23.7 Å². The van der Waals surface area contributed by atoms with Crippen LogP contribution in [0, 0.1) is 13.8 Å². The van der Waals surface area contributed by atoms with Crippen molar-refractivity contribution in [3.8, 4) is 11.5 Å². The van der Waals surface area contributed by atoms with E-state index >= 15 is 0 Å². The van der Waals surface area contributed by atoms with Gasteiger partial charge in [0.2, 0.25) is 11.8 Å². The van der Waals surface area contributed by atoms with Gasteiger partial charge in [0.1, 0.15) is 0 Å². The summed E-state index contributed by atoms with van der Waals surface area (Å²) in [4.78, 5) is 23.2. The Hall–Kier alpha value is -2.35. The Bertz CT molecular complexity index is 750. The molecular weight excluding hydrogens is 328 g/mol. The average Bonchev–Trinajstić information content (AvgIpc) is 3.18. The van der Waals surface area contributed by atoms with E-state index in [0.717, 1.165) is 41.3 Å². The molecule has 1 aromatic heterocycles. The molecule has 3 amide bonds. The van der Waals surface area contributed by atoms with Crippen LogP contribution in [0.4, 0.5) is 4.79 Å². The summed E-state index contributed by atoms with van der Waals surface area (Å²) >= 11 is 1.10. The Morgan fingerprint density at radius 2 is 1.92 bits per heavy atom. The van der Waals surface area contributed by atoms with Gasteiger partial charge in [0.15, 0.2) is 0 Å². The summed E-state index contributed by atoms with van der Waals surface area (Å²) in [6.07, 6.45) is 1.94. The lowest BCUT2D eigenvalue weighted by molar-refractivity contribution is -0.117. The fourth-order valence-electron chi connectivity index (χ4n) is 2.22. The lowest BCUT2D eigenvalue weighted by Crippen LogP contribution is -2.41. The van der Waals surface area contributed by atoms with E-state index in [2.05, 4.69) is 26.9 Å². The van der Waals surface area contributed by atoms with Crippen molar-refractivity contribution in [1.29, 1.82) is 0 Å². The van der Waals surface area contributed by atoms with Crippen molar-refractivity contribution in [1.82, 2.24) is 20.8 Å². The molecule has 24 heavy (non-hydrogen) atoms. The zero-order chi connectivity index (χ0) is 17.1. The number of carbonyl (C=O) groups excluding carboxylic acids is 2. The summed E-state index contributed by atoms with van der Waals surface area (Å²) in [7, 11) is 0. The molecule has 0 radical (unpaired) electrons. The van der Waals surface area contributed by atoms with Crippen LogP contribution in [0.2, 0.25) is 0 Å². The molecule has 0 unspecified atom stereocenters. The second-order valence-corrected chi connectivity index (χ2v) is 6.76. The number of hydrogen-bond donors (Lipinski definition) is 2. The maximum Gasteiger partial charge on any atom is 0.321 e. The molecular formula is C16H18N4O3S. The highest BCUT2D eigenvalue weighted by Crippen LogP contribution is 2.24. The number of aryl methyl sites for hydroxylation is 2. The van der Waals surface area contributed by atoms with Crippen LogP contribution in [0.5, 0.6) is 0 Å². The maximum atomic E-state index is 11.7. The van der Waals surface area contributed by atoms with Crippen LogP contribution in [0.1, 0.15) is 24.0 Å². The van der Waals surface area contributed by atoms with Crippen molar-refractivity contribution in [2.24, 2.45) is 0 Å². The third kappa shape index (κ3) is 4.58. The minimum Gasteiger partial charge on any atom is -0.411 e. The molecule has 0 spiro atoms. The van der Waals surface area contributed by atoms with Gasteiger partial charge in [0, 0.05) is 11.6 Å². The molecule has 8 heteroatoms. The van der Waals surface area contributed by atoms with Crippen LogP contribution >= 0.6 is 11.8 Å². The van der Waals surface area contributed by atoms with E-state index in [4.69, 9.17) is 4.42 Å². The van der Waals surface area contributed by atoms with Crippen molar-refractivity contribution in [3.05, 3.63) is 29.3 Å². The SMILES string of the molecule is Cc1cc(C)cc(-c2nnc(SCC(=O)NC(=O)NC3CC3)o2)c1. The fourth-order valence-corrected chi connectivity index (χ4v) is 2.79. The van der Waals surface area contributed by atoms with Crippen LogP contribution in [-0.4, -0.2) is 33.9 Å². The predicted octanol–water partition coefficient (Wildman–Crippen LogP) is 2.43. The van der Waals surface area contributed by atoms with E-state index < -0.39 is 11.9 Å². The molecule has 0 saturated heterocycles. The molecule has 1 fully saturated rings. The van der Waals surface area contributed by atoms with E-state index in [9.17, 15) is 9.59 Å². The second-order valence-electron chi connectivity index (χ2n) is 5.83. The molecule has 1 heterocycles. The topological polar surface area (TPSA) is 97.1 Å². The highest BCUT2D eigenvalue weighted by Gasteiger charge is 2.24. The van der Waals surface area contributed by atoms with E-state index in [0.29, 0.717) is 11.1 Å². The maximum absolute atomic E-state index is 11.7. The largest absolute Gasteiger partial charge is 0.411 e. The number of aromatic nitrogens is 2. The molecule has 1 aromatic carbocycles. The first kappa shape index (κ1) is 16.5. The summed E-state index contributed by atoms with van der Waals surface area (Å²) in [5.41, 5.74) is 3.07. The summed E-state index contributed by atoms with van der Waals surface area (Å²) in [5, 5.41) is 13.2. The summed E-state index contributed by atoms with van der Waals surface area (Å²) < 4.78 is 5.57. The summed E-state index contributed by atoms with van der Waals surface area (Å²) in [5.74, 6) is 0.0486. The van der Waals surface area contributed by atoms with Gasteiger partial charge in [-0.3, -0.25) is 10.1 Å². The lowest BCUT2D eigenvalue weighted by atomic mass is 10.1. The molecule has 0 aliphatic heterocycles. The van der Waals surface area contributed by atoms with Gasteiger partial charge < -0.3 is 9.73 Å². The molecule has 1 saturated carbocycles. The number of amides is 3. The van der Waals surface area contributed by atoms with Crippen molar-refractivity contribution in [2.45, 2.75) is 38.0 Å². The quantitative estimate of drug-likeness (QED) is 0.807. The van der Waals surface area contributed by atoms with Crippen molar-refractivity contribution in [2.75, 3.05) is 5.75 Å². The Morgan fingerprint density at radius 1 is 1.21 bits per heavy atom. The molecule has 126 valence electrons. The Balaban J connectivity index is 1.53. The van der Waals surface area contributed by atoms with Crippen LogP contribution < -0.4 is 10.6 Å². The van der Waals surface area contributed by atoms with E-state index in [1.54, 1.807) is 0 Å².